The molecule has 130 valence electrons. The highest BCUT2D eigenvalue weighted by molar-refractivity contribution is 6.30. The van der Waals surface area contributed by atoms with Gasteiger partial charge in [0, 0.05) is 23.3 Å². The number of amides is 1. The van der Waals surface area contributed by atoms with E-state index in [2.05, 4.69) is 22.7 Å². The van der Waals surface area contributed by atoms with Gasteiger partial charge in [0.15, 0.2) is 0 Å². The molecule has 3 N–H and O–H groups in total. The molecular formula is C19H20ClN3O2. The molecule has 1 amide bonds. The maximum absolute atomic E-state index is 12.7. The van der Waals surface area contributed by atoms with Gasteiger partial charge in [-0.25, -0.2) is 5.43 Å². The monoisotopic (exact) mass is 357 g/mol. The molecule has 1 aliphatic rings. The van der Waals surface area contributed by atoms with E-state index in [0.717, 1.165) is 5.56 Å². The van der Waals surface area contributed by atoms with E-state index in [1.165, 1.54) is 0 Å². The first-order valence-electron chi connectivity index (χ1n) is 8.06. The van der Waals surface area contributed by atoms with Crippen LogP contribution in [0.3, 0.4) is 0 Å². The second kappa shape index (κ2) is 8.16. The zero-order valence-corrected chi connectivity index (χ0v) is 14.4. The van der Waals surface area contributed by atoms with Crippen molar-refractivity contribution in [2.75, 3.05) is 18.5 Å². The highest BCUT2D eigenvalue weighted by atomic mass is 35.5. The number of benzene rings is 2. The zero-order valence-electron chi connectivity index (χ0n) is 13.7. The van der Waals surface area contributed by atoms with Crippen molar-refractivity contribution in [2.45, 2.75) is 6.04 Å². The van der Waals surface area contributed by atoms with E-state index >= 15 is 0 Å². The van der Waals surface area contributed by atoms with Crippen LogP contribution in [0.4, 0.5) is 5.69 Å². The summed E-state index contributed by atoms with van der Waals surface area (Å²) in [5.74, 6) is 0.395. The minimum atomic E-state index is -0.237. The Hall–Kier alpha value is -2.34. The molecule has 2 atom stereocenters. The molecule has 0 radical (unpaired) electrons. The molecule has 3 rings (SSSR count). The third kappa shape index (κ3) is 4.39. The number of ether oxygens (including phenoxy) is 1. The molecule has 1 heterocycles. The van der Waals surface area contributed by atoms with Gasteiger partial charge in [0.05, 0.1) is 12.0 Å². The molecule has 25 heavy (non-hydrogen) atoms. The number of hydrazine groups is 1. The summed E-state index contributed by atoms with van der Waals surface area (Å²) in [6, 6.07) is 14.7. The van der Waals surface area contributed by atoms with Crippen LogP contribution in [-0.2, 0) is 4.79 Å². The summed E-state index contributed by atoms with van der Waals surface area (Å²) < 4.78 is 5.50. The van der Waals surface area contributed by atoms with Crippen molar-refractivity contribution < 1.29 is 9.53 Å². The van der Waals surface area contributed by atoms with Crippen LogP contribution in [0.1, 0.15) is 11.6 Å². The Morgan fingerprint density at radius 3 is 2.88 bits per heavy atom. The van der Waals surface area contributed by atoms with Crippen LogP contribution in [-0.4, -0.2) is 19.1 Å². The van der Waals surface area contributed by atoms with Crippen molar-refractivity contribution in [1.82, 2.24) is 10.9 Å². The number of halogens is 1. The number of hydrogen-bond acceptors (Lipinski definition) is 4. The largest absolute Gasteiger partial charge is 0.489 e. The van der Waals surface area contributed by atoms with Gasteiger partial charge in [0.2, 0.25) is 5.91 Å². The number of anilines is 1. The van der Waals surface area contributed by atoms with E-state index in [-0.39, 0.29) is 17.9 Å². The van der Waals surface area contributed by atoms with Gasteiger partial charge in [0.1, 0.15) is 12.4 Å². The molecule has 1 fully saturated rings. The van der Waals surface area contributed by atoms with Crippen LogP contribution in [0, 0.1) is 5.92 Å². The average molecular weight is 358 g/mol. The minimum Gasteiger partial charge on any atom is -0.489 e. The number of carbonyl (C=O) groups is 1. The lowest BCUT2D eigenvalue weighted by molar-refractivity contribution is -0.119. The van der Waals surface area contributed by atoms with Gasteiger partial charge < -0.3 is 10.1 Å². The minimum absolute atomic E-state index is 0.0571. The van der Waals surface area contributed by atoms with Crippen molar-refractivity contribution in [2.24, 2.45) is 5.92 Å². The first kappa shape index (κ1) is 17.5. The Labute approximate surface area is 152 Å². The molecule has 5 nitrogen and oxygen atoms in total. The van der Waals surface area contributed by atoms with Gasteiger partial charge in [-0.3, -0.25) is 10.2 Å². The summed E-state index contributed by atoms with van der Waals surface area (Å²) in [6.45, 7) is 4.60. The second-order valence-corrected chi connectivity index (χ2v) is 6.21. The van der Waals surface area contributed by atoms with Crippen molar-refractivity contribution in [3.63, 3.8) is 0 Å². The van der Waals surface area contributed by atoms with E-state index in [0.29, 0.717) is 29.6 Å². The van der Waals surface area contributed by atoms with Gasteiger partial charge in [0.25, 0.3) is 0 Å². The van der Waals surface area contributed by atoms with Crippen LogP contribution in [0.2, 0.25) is 5.02 Å². The van der Waals surface area contributed by atoms with E-state index in [1.54, 1.807) is 12.1 Å². The molecule has 1 saturated heterocycles. The van der Waals surface area contributed by atoms with E-state index in [9.17, 15) is 4.79 Å². The fourth-order valence-corrected chi connectivity index (χ4v) is 2.91. The lowest BCUT2D eigenvalue weighted by Gasteiger charge is -2.18. The van der Waals surface area contributed by atoms with E-state index in [1.807, 2.05) is 42.5 Å². The lowest BCUT2D eigenvalue weighted by Crippen LogP contribution is -2.29. The summed E-state index contributed by atoms with van der Waals surface area (Å²) in [5, 5.41) is 3.63. The molecule has 0 aliphatic carbocycles. The summed E-state index contributed by atoms with van der Waals surface area (Å²) in [5.41, 5.74) is 7.93. The molecule has 0 bridgehead atoms. The quantitative estimate of drug-likeness (QED) is 0.694. The standard InChI is InChI=1S/C19H20ClN3O2/c1-2-10-25-16-5-3-4-15(11-16)22-19(24)17-12-21-23-18(17)13-6-8-14(20)9-7-13/h2-9,11,17-18,21,23H,1,10,12H2,(H,22,24). The Kier molecular flexibility index (Phi) is 5.71. The Balaban J connectivity index is 1.69. The molecule has 6 heteroatoms. The predicted octanol–water partition coefficient (Wildman–Crippen LogP) is 3.31. The first-order chi connectivity index (χ1) is 12.2. The van der Waals surface area contributed by atoms with Crippen molar-refractivity contribution >= 4 is 23.2 Å². The zero-order chi connectivity index (χ0) is 17.6. The van der Waals surface area contributed by atoms with Crippen molar-refractivity contribution in [3.8, 4) is 5.75 Å². The van der Waals surface area contributed by atoms with Crippen LogP contribution < -0.4 is 20.9 Å². The summed E-state index contributed by atoms with van der Waals surface area (Å²) in [6.07, 6.45) is 1.68. The fraction of sp³-hybridized carbons (Fsp3) is 0.211. The van der Waals surface area contributed by atoms with Crippen LogP contribution in [0.25, 0.3) is 0 Å². The van der Waals surface area contributed by atoms with Crippen LogP contribution >= 0.6 is 11.6 Å². The smallest absolute Gasteiger partial charge is 0.230 e. The third-order valence-corrected chi connectivity index (χ3v) is 4.27. The van der Waals surface area contributed by atoms with Gasteiger partial charge in [-0.05, 0) is 29.8 Å². The predicted molar refractivity (Wildman–Crippen MR) is 99.6 cm³/mol. The normalized spacial score (nSPS) is 19.4. The Morgan fingerprint density at radius 2 is 2.12 bits per heavy atom. The lowest BCUT2D eigenvalue weighted by atomic mass is 9.94. The maximum Gasteiger partial charge on any atom is 0.230 e. The van der Waals surface area contributed by atoms with E-state index in [4.69, 9.17) is 16.3 Å². The molecule has 1 aliphatic heterocycles. The van der Waals surface area contributed by atoms with Gasteiger partial charge in [-0.2, -0.15) is 0 Å². The Bertz CT molecular complexity index is 749. The summed E-state index contributed by atoms with van der Waals surface area (Å²) >= 11 is 5.94. The molecule has 0 spiro atoms. The van der Waals surface area contributed by atoms with Gasteiger partial charge in [-0.15, -0.1) is 0 Å². The summed E-state index contributed by atoms with van der Waals surface area (Å²) in [4.78, 5) is 12.7. The van der Waals surface area contributed by atoms with Crippen molar-refractivity contribution in [1.29, 1.82) is 0 Å². The van der Waals surface area contributed by atoms with Gasteiger partial charge in [-0.1, -0.05) is 42.5 Å². The average Bonchev–Trinajstić information content (AvgIpc) is 3.11. The SMILES string of the molecule is C=CCOc1cccc(NC(=O)C2CNNC2c2ccc(Cl)cc2)c1. The summed E-state index contributed by atoms with van der Waals surface area (Å²) in [7, 11) is 0. The van der Waals surface area contributed by atoms with Crippen molar-refractivity contribution in [3.05, 3.63) is 71.8 Å². The number of rotatable bonds is 6. The topological polar surface area (TPSA) is 62.4 Å². The Morgan fingerprint density at radius 1 is 1.32 bits per heavy atom. The maximum atomic E-state index is 12.7. The van der Waals surface area contributed by atoms with Crippen LogP contribution in [0.15, 0.2) is 61.2 Å². The third-order valence-electron chi connectivity index (χ3n) is 4.02. The molecule has 0 aromatic heterocycles. The molecule has 0 saturated carbocycles. The fourth-order valence-electron chi connectivity index (χ4n) is 2.78. The molecule has 2 unspecified atom stereocenters. The molecule has 2 aromatic carbocycles. The highest BCUT2D eigenvalue weighted by Crippen LogP contribution is 2.27. The van der Waals surface area contributed by atoms with E-state index < -0.39 is 0 Å². The first-order valence-corrected chi connectivity index (χ1v) is 8.43. The molecule has 2 aromatic rings. The number of carbonyl (C=O) groups excluding carboxylic acids is 1. The second-order valence-electron chi connectivity index (χ2n) is 5.78. The highest BCUT2D eigenvalue weighted by Gasteiger charge is 2.33. The van der Waals surface area contributed by atoms with Gasteiger partial charge >= 0.3 is 0 Å². The number of hydrogen-bond donors (Lipinski definition) is 3. The number of nitrogens with one attached hydrogen (secondary N) is 3. The van der Waals surface area contributed by atoms with Crippen LogP contribution in [0.5, 0.6) is 5.75 Å². The molecular weight excluding hydrogens is 338 g/mol.